The van der Waals surface area contributed by atoms with Gasteiger partial charge in [-0.1, -0.05) is 76.2 Å². The number of likely N-dealkylation sites (tertiary alicyclic amines) is 2. The number of imidazole rings is 2. The molecule has 4 aromatic heterocycles. The molecule has 71 heavy (non-hydrogen) atoms. The topological polar surface area (TPSA) is 196 Å². The van der Waals surface area contributed by atoms with E-state index in [0.29, 0.717) is 24.7 Å². The number of nitrogens with zero attached hydrogens (tertiary/aromatic N) is 7. The first-order chi connectivity index (χ1) is 34.4. The van der Waals surface area contributed by atoms with Gasteiger partial charge in [-0.25, -0.2) is 24.5 Å². The number of methoxy groups -OCH3 is 2. The zero-order valence-corrected chi connectivity index (χ0v) is 41.5. The van der Waals surface area contributed by atoms with Crippen LogP contribution in [-0.2, 0) is 19.1 Å². The third-order valence-electron chi connectivity index (χ3n) is 14.2. The van der Waals surface area contributed by atoms with Gasteiger partial charge in [0.05, 0.1) is 61.0 Å². The number of carbonyl (C=O) groups is 4. The molecule has 0 unspecified atom stereocenters. The van der Waals surface area contributed by atoms with E-state index >= 15 is 0 Å². The van der Waals surface area contributed by atoms with E-state index in [9.17, 15) is 19.2 Å². The largest absolute Gasteiger partial charge is 0.453 e. The smallest absolute Gasteiger partial charge is 0.407 e. The van der Waals surface area contributed by atoms with Gasteiger partial charge < -0.3 is 49.3 Å². The SMILES string of the molecule is COC(=O)N[C@H](C(=O)N1CCC[C@H]1c1nc(-c2ccc(-c3ccc(-c4ccc(-c5c[nH]c([C@@H]6CCCN6C(=O)[C@@H](NC(=O)OC)C(C)C)n5)cc4)n3-c3ccc(N4CCCCC4)nc3)cc2)c[nH]1)C(C)C. The minimum atomic E-state index is -0.707. The van der Waals surface area contributed by atoms with Gasteiger partial charge in [0, 0.05) is 49.7 Å². The highest BCUT2D eigenvalue weighted by atomic mass is 16.5. The summed E-state index contributed by atoms with van der Waals surface area (Å²) >= 11 is 0. The Bertz CT molecular complexity index is 2650. The number of rotatable bonds is 14. The van der Waals surface area contributed by atoms with Crippen LogP contribution < -0.4 is 15.5 Å². The number of pyridine rings is 1. The number of anilines is 1. The molecule has 3 fully saturated rings. The normalized spacial score (nSPS) is 17.9. The fraction of sp³-hybridized carbons (Fsp3) is 0.426. The summed E-state index contributed by atoms with van der Waals surface area (Å²) in [5.74, 6) is 1.88. The summed E-state index contributed by atoms with van der Waals surface area (Å²) in [7, 11) is 2.59. The van der Waals surface area contributed by atoms with E-state index in [1.54, 1.807) is 0 Å². The predicted octanol–water partition coefficient (Wildman–Crippen LogP) is 9.07. The molecule has 0 bridgehead atoms. The maximum absolute atomic E-state index is 13.8. The molecule has 0 saturated carbocycles. The Hall–Kier alpha value is -7.43. The molecule has 6 aromatic rings. The predicted molar refractivity (Wildman–Crippen MR) is 271 cm³/mol. The zero-order valence-electron chi connectivity index (χ0n) is 41.5. The summed E-state index contributed by atoms with van der Waals surface area (Å²) in [6.45, 7) is 10.8. The molecule has 2 aromatic carbocycles. The van der Waals surface area contributed by atoms with Crippen LogP contribution in [0.25, 0.3) is 50.7 Å². The number of hydrogen-bond acceptors (Lipinski definition) is 10. The summed E-state index contributed by atoms with van der Waals surface area (Å²) in [4.78, 5) is 79.5. The molecular formula is C54H65N11O6. The Balaban J connectivity index is 0.967. The van der Waals surface area contributed by atoms with Gasteiger partial charge in [0.15, 0.2) is 0 Å². The summed E-state index contributed by atoms with van der Waals surface area (Å²) in [6.07, 6.45) is 11.3. The van der Waals surface area contributed by atoms with Gasteiger partial charge >= 0.3 is 12.2 Å². The Kier molecular flexibility index (Phi) is 14.6. The minimum Gasteiger partial charge on any atom is -0.453 e. The highest BCUT2D eigenvalue weighted by Gasteiger charge is 2.39. The lowest BCUT2D eigenvalue weighted by Gasteiger charge is -2.29. The van der Waals surface area contributed by atoms with Crippen LogP contribution in [-0.4, -0.2) is 116 Å². The van der Waals surface area contributed by atoms with Crippen molar-refractivity contribution in [1.82, 2.24) is 49.9 Å². The molecular weight excluding hydrogens is 899 g/mol. The summed E-state index contributed by atoms with van der Waals surface area (Å²) in [5, 5.41) is 5.45. The number of alkyl carbamates (subject to hydrolysis) is 2. The van der Waals surface area contributed by atoms with Crippen molar-refractivity contribution in [2.24, 2.45) is 11.8 Å². The van der Waals surface area contributed by atoms with Gasteiger partial charge in [-0.2, -0.15) is 0 Å². The molecule has 0 radical (unpaired) electrons. The molecule has 372 valence electrons. The molecule has 9 rings (SSSR count). The number of nitrogens with one attached hydrogen (secondary N) is 4. The molecule has 3 aliphatic rings. The van der Waals surface area contributed by atoms with Gasteiger partial charge in [0.1, 0.15) is 29.6 Å². The second-order valence-electron chi connectivity index (χ2n) is 19.5. The number of ether oxygens (including phenoxy) is 2. The number of amides is 4. The number of aromatic amines is 2. The van der Waals surface area contributed by atoms with Crippen molar-refractivity contribution in [1.29, 1.82) is 0 Å². The van der Waals surface area contributed by atoms with Crippen molar-refractivity contribution < 1.29 is 28.7 Å². The van der Waals surface area contributed by atoms with Crippen LogP contribution in [0.15, 0.2) is 91.4 Å². The van der Waals surface area contributed by atoms with Crippen molar-refractivity contribution in [3.8, 4) is 50.7 Å². The molecule has 17 nitrogen and oxygen atoms in total. The molecule has 3 saturated heterocycles. The minimum absolute atomic E-state index is 0.122. The monoisotopic (exact) mass is 964 g/mol. The Morgan fingerprint density at radius 3 is 1.44 bits per heavy atom. The first-order valence-electron chi connectivity index (χ1n) is 25.0. The van der Waals surface area contributed by atoms with E-state index in [1.165, 1.54) is 33.5 Å². The van der Waals surface area contributed by atoms with Gasteiger partial charge in [-0.15, -0.1) is 0 Å². The Morgan fingerprint density at radius 1 is 0.577 bits per heavy atom. The number of piperidine rings is 1. The maximum Gasteiger partial charge on any atom is 0.407 e. The standard InChI is InChI=1S/C54H65N11O6/c1-33(2)47(60-53(68)70-5)51(66)63-28-10-12-44(63)49-56-31-40(58-49)35-14-18-37(19-15-35)42-23-24-43(65(42)39-22-25-46(55-30-39)62-26-8-7-9-27-62)38-20-16-36(17-21-38)41-32-57-50(59-41)45-13-11-29-64(45)52(67)48(34(3)4)61-54(69)71-6/h14-25,30-34,44-45,47-48H,7-13,26-29H2,1-6H3,(H,56,58)(H,57,59)(H,60,68)(H,61,69)/t44-,45-,47-,48-/m0/s1. The van der Waals surface area contributed by atoms with Crippen LogP contribution in [0.3, 0.4) is 0 Å². The van der Waals surface area contributed by atoms with Crippen LogP contribution in [0, 0.1) is 11.8 Å². The van der Waals surface area contributed by atoms with Crippen LogP contribution >= 0.6 is 0 Å². The van der Waals surface area contributed by atoms with Crippen molar-refractivity contribution in [3.05, 3.63) is 103 Å². The quantitative estimate of drug-likeness (QED) is 0.0818. The molecule has 0 spiro atoms. The third-order valence-corrected chi connectivity index (χ3v) is 14.2. The number of H-pyrrole nitrogens is 2. The van der Waals surface area contributed by atoms with Crippen LogP contribution in [0.2, 0.25) is 0 Å². The van der Waals surface area contributed by atoms with E-state index in [1.807, 2.05) is 56.1 Å². The van der Waals surface area contributed by atoms with E-state index in [0.717, 1.165) is 95.3 Å². The molecule has 4 atom stereocenters. The summed E-state index contributed by atoms with van der Waals surface area (Å²) in [6, 6.07) is 23.4. The lowest BCUT2D eigenvalue weighted by molar-refractivity contribution is -0.136. The van der Waals surface area contributed by atoms with E-state index in [4.69, 9.17) is 24.4 Å². The fourth-order valence-electron chi connectivity index (χ4n) is 10.3. The summed E-state index contributed by atoms with van der Waals surface area (Å²) < 4.78 is 11.9. The van der Waals surface area contributed by atoms with Crippen molar-refractivity contribution in [2.45, 2.75) is 96.8 Å². The summed E-state index contributed by atoms with van der Waals surface area (Å²) in [5.41, 5.74) is 8.40. The van der Waals surface area contributed by atoms with E-state index in [2.05, 4.69) is 103 Å². The highest BCUT2D eigenvalue weighted by Crippen LogP contribution is 2.38. The van der Waals surface area contributed by atoms with Crippen molar-refractivity contribution in [3.63, 3.8) is 0 Å². The maximum atomic E-state index is 13.8. The molecule has 0 aliphatic carbocycles. The molecule has 17 heteroatoms. The number of benzene rings is 2. The van der Waals surface area contributed by atoms with Crippen LogP contribution in [0.1, 0.15) is 96.4 Å². The Morgan fingerprint density at radius 2 is 1.03 bits per heavy atom. The van der Waals surface area contributed by atoms with Crippen molar-refractivity contribution in [2.75, 3.05) is 45.3 Å². The van der Waals surface area contributed by atoms with Crippen LogP contribution in [0.4, 0.5) is 15.4 Å². The average Bonchev–Trinajstić information content (AvgIpc) is 4.27. The second-order valence-corrected chi connectivity index (χ2v) is 19.5. The highest BCUT2D eigenvalue weighted by molar-refractivity contribution is 5.87. The van der Waals surface area contributed by atoms with E-state index in [-0.39, 0.29) is 35.7 Å². The van der Waals surface area contributed by atoms with Crippen molar-refractivity contribution >= 4 is 29.8 Å². The lowest BCUT2D eigenvalue weighted by atomic mass is 10.0. The first kappa shape index (κ1) is 48.6. The third kappa shape index (κ3) is 10.3. The first-order valence-corrected chi connectivity index (χ1v) is 25.0. The van der Waals surface area contributed by atoms with Gasteiger partial charge in [-0.05, 0) is 92.2 Å². The fourth-order valence-corrected chi connectivity index (χ4v) is 10.3. The van der Waals surface area contributed by atoms with Gasteiger partial charge in [0.2, 0.25) is 11.8 Å². The van der Waals surface area contributed by atoms with E-state index < -0.39 is 24.3 Å². The molecule has 4 N–H and O–H groups in total. The molecule has 7 heterocycles. The van der Waals surface area contributed by atoms with Gasteiger partial charge in [-0.3, -0.25) is 9.59 Å². The lowest BCUT2D eigenvalue weighted by Crippen LogP contribution is -2.51. The van der Waals surface area contributed by atoms with Gasteiger partial charge in [0.25, 0.3) is 0 Å². The average molecular weight is 964 g/mol. The number of carbonyl (C=O) groups excluding carboxylic acids is 4. The number of aromatic nitrogens is 6. The Labute approximate surface area is 414 Å². The van der Waals surface area contributed by atoms with Crippen LogP contribution in [0.5, 0.6) is 0 Å². The second kappa shape index (κ2) is 21.3. The molecule has 4 amide bonds. The zero-order chi connectivity index (χ0) is 49.8. The molecule has 3 aliphatic heterocycles. The number of hydrogen-bond donors (Lipinski definition) is 4.